The summed E-state index contributed by atoms with van der Waals surface area (Å²) in [5, 5.41) is 0. The lowest BCUT2D eigenvalue weighted by molar-refractivity contribution is 0.0637. The Morgan fingerprint density at radius 1 is 1.14 bits per heavy atom. The van der Waals surface area contributed by atoms with Gasteiger partial charge in [0.15, 0.2) is 0 Å². The summed E-state index contributed by atoms with van der Waals surface area (Å²) in [5.41, 5.74) is 2.92. The lowest BCUT2D eigenvalue weighted by atomic mass is 9.86. The van der Waals surface area contributed by atoms with Gasteiger partial charge < -0.3 is 4.90 Å². The predicted molar refractivity (Wildman–Crippen MR) is 112 cm³/mol. The van der Waals surface area contributed by atoms with Crippen molar-refractivity contribution in [3.8, 4) is 12.3 Å². The number of carbonyl (C=O) groups is 1. The molecule has 0 aliphatic heterocycles. The number of sulfonamides is 1. The molecule has 0 spiro atoms. The maximum Gasteiger partial charge on any atom is 0.254 e. The first kappa shape index (κ1) is 19.7. The summed E-state index contributed by atoms with van der Waals surface area (Å²) in [6, 6.07) is 14.8. The van der Waals surface area contributed by atoms with Gasteiger partial charge in [0, 0.05) is 11.6 Å². The van der Waals surface area contributed by atoms with Crippen LogP contribution in [0.2, 0.25) is 0 Å². The van der Waals surface area contributed by atoms with Gasteiger partial charge in [-0.1, -0.05) is 36.3 Å². The molecular weight excluding hydrogens is 384 g/mol. The molecule has 2 aromatic carbocycles. The lowest BCUT2D eigenvalue weighted by Crippen LogP contribution is -2.38. The number of carbonyl (C=O) groups excluding carboxylic acids is 1. The zero-order valence-corrected chi connectivity index (χ0v) is 17.0. The molecule has 2 aromatic rings. The maximum atomic E-state index is 13.5. The summed E-state index contributed by atoms with van der Waals surface area (Å²) < 4.78 is 27.2. The molecule has 4 rings (SSSR count). The average molecular weight is 409 g/mol. The molecule has 5 nitrogen and oxygen atoms in total. The van der Waals surface area contributed by atoms with Gasteiger partial charge in [0.25, 0.3) is 5.91 Å². The number of nitrogens with one attached hydrogen (secondary N) is 1. The van der Waals surface area contributed by atoms with E-state index < -0.39 is 10.0 Å². The van der Waals surface area contributed by atoms with E-state index in [1.807, 2.05) is 17.0 Å². The number of fused-ring (bicyclic) bond motifs is 1. The van der Waals surface area contributed by atoms with Gasteiger partial charge in [-0.05, 0) is 61.4 Å². The normalized spacial score (nSPS) is 18.5. The summed E-state index contributed by atoms with van der Waals surface area (Å²) in [4.78, 5) is 15.5. The number of aryl methyl sites for hydroxylation is 1. The van der Waals surface area contributed by atoms with Gasteiger partial charge in [-0.2, -0.15) is 4.72 Å². The first-order chi connectivity index (χ1) is 14.0. The van der Waals surface area contributed by atoms with Crippen LogP contribution in [0.4, 0.5) is 0 Å². The van der Waals surface area contributed by atoms with Gasteiger partial charge in [0.05, 0.1) is 17.5 Å². The summed E-state index contributed by atoms with van der Waals surface area (Å²) in [6.45, 7) is -0.0897. The second kappa shape index (κ2) is 8.02. The Hall–Kier alpha value is -2.62. The molecule has 1 atom stereocenters. The Morgan fingerprint density at radius 2 is 1.93 bits per heavy atom. The van der Waals surface area contributed by atoms with Gasteiger partial charge in [-0.25, -0.2) is 8.42 Å². The van der Waals surface area contributed by atoms with Crippen molar-refractivity contribution in [1.82, 2.24) is 9.62 Å². The number of nitrogens with zero attached hydrogens (tertiary/aromatic N) is 1. The standard InChI is InChI=1S/C23H24N2O3S/c1-2-15-24-29(27,28)20-10-5-9-18(16-20)23(26)25(19-13-14-19)22-12-6-8-17-7-3-4-11-21(17)22/h1,3-5,7,9-11,16,19,22,24H,6,8,12-15H2. The highest BCUT2D eigenvalue weighted by atomic mass is 32.2. The fourth-order valence-electron chi connectivity index (χ4n) is 4.10. The van der Waals surface area contributed by atoms with Crippen LogP contribution in [0.3, 0.4) is 0 Å². The van der Waals surface area contributed by atoms with E-state index in [1.54, 1.807) is 12.1 Å². The van der Waals surface area contributed by atoms with Crippen LogP contribution in [0.15, 0.2) is 53.4 Å². The Balaban J connectivity index is 1.66. The van der Waals surface area contributed by atoms with Crippen LogP contribution in [0.5, 0.6) is 0 Å². The van der Waals surface area contributed by atoms with Gasteiger partial charge in [0.1, 0.15) is 0 Å². The van der Waals surface area contributed by atoms with Crippen molar-refractivity contribution in [2.45, 2.75) is 49.1 Å². The van der Waals surface area contributed by atoms with E-state index in [0.29, 0.717) is 5.56 Å². The van der Waals surface area contributed by atoms with Gasteiger partial charge in [-0.15, -0.1) is 6.42 Å². The Morgan fingerprint density at radius 3 is 2.69 bits per heavy atom. The fourth-order valence-corrected chi connectivity index (χ4v) is 5.08. The van der Waals surface area contributed by atoms with Crippen molar-refractivity contribution in [2.75, 3.05) is 6.54 Å². The van der Waals surface area contributed by atoms with Crippen LogP contribution in [0, 0.1) is 12.3 Å². The first-order valence-electron chi connectivity index (χ1n) is 9.95. The topological polar surface area (TPSA) is 66.5 Å². The minimum absolute atomic E-state index is 0.0415. The number of rotatable bonds is 6. The van der Waals surface area contributed by atoms with Crippen LogP contribution in [-0.4, -0.2) is 31.8 Å². The molecule has 0 heterocycles. The van der Waals surface area contributed by atoms with Crippen LogP contribution >= 0.6 is 0 Å². The maximum absolute atomic E-state index is 13.5. The number of hydrogen-bond acceptors (Lipinski definition) is 3. The number of terminal acetylenes is 1. The van der Waals surface area contributed by atoms with Crippen LogP contribution < -0.4 is 4.72 Å². The summed E-state index contributed by atoms with van der Waals surface area (Å²) in [5.74, 6) is 2.15. The lowest BCUT2D eigenvalue weighted by Gasteiger charge is -2.36. The number of amides is 1. The summed E-state index contributed by atoms with van der Waals surface area (Å²) in [7, 11) is -3.75. The Bertz CT molecular complexity index is 1070. The Kier molecular flexibility index (Phi) is 5.44. The predicted octanol–water partition coefficient (Wildman–Crippen LogP) is 3.28. The molecule has 0 bridgehead atoms. The zero-order valence-electron chi connectivity index (χ0n) is 16.2. The van der Waals surface area contributed by atoms with Crippen molar-refractivity contribution in [1.29, 1.82) is 0 Å². The minimum atomic E-state index is -3.75. The average Bonchev–Trinajstić information content (AvgIpc) is 3.58. The minimum Gasteiger partial charge on any atom is -0.329 e. The Labute approximate surface area is 172 Å². The van der Waals surface area contributed by atoms with Crippen molar-refractivity contribution >= 4 is 15.9 Å². The second-order valence-electron chi connectivity index (χ2n) is 7.61. The third kappa shape index (κ3) is 4.07. The molecule has 1 amide bonds. The molecule has 1 saturated carbocycles. The van der Waals surface area contributed by atoms with Crippen molar-refractivity contribution in [2.24, 2.45) is 0 Å². The molecule has 29 heavy (non-hydrogen) atoms. The van der Waals surface area contributed by atoms with E-state index in [4.69, 9.17) is 6.42 Å². The SMILES string of the molecule is C#CCNS(=O)(=O)c1cccc(C(=O)N(C2CC2)C2CCCc3ccccc32)c1. The first-order valence-corrected chi connectivity index (χ1v) is 11.4. The van der Waals surface area contributed by atoms with Crippen LogP contribution in [0.25, 0.3) is 0 Å². The van der Waals surface area contributed by atoms with Gasteiger partial charge >= 0.3 is 0 Å². The molecule has 1 fully saturated rings. The molecule has 0 aromatic heterocycles. The third-order valence-corrected chi connectivity index (χ3v) is 7.00. The van der Waals surface area contributed by atoms with Crippen molar-refractivity contribution in [3.05, 3.63) is 65.2 Å². The summed E-state index contributed by atoms with van der Waals surface area (Å²) in [6.07, 6.45) is 10.2. The third-order valence-electron chi connectivity index (χ3n) is 5.60. The molecule has 0 saturated heterocycles. The van der Waals surface area contributed by atoms with E-state index in [-0.39, 0.29) is 29.4 Å². The largest absolute Gasteiger partial charge is 0.329 e. The number of hydrogen-bond donors (Lipinski definition) is 1. The van der Waals surface area contributed by atoms with Crippen LogP contribution in [0.1, 0.15) is 53.2 Å². The second-order valence-corrected chi connectivity index (χ2v) is 9.37. The van der Waals surface area contributed by atoms with Crippen LogP contribution in [-0.2, 0) is 16.4 Å². The van der Waals surface area contributed by atoms with Crippen molar-refractivity contribution < 1.29 is 13.2 Å². The van der Waals surface area contributed by atoms with E-state index in [9.17, 15) is 13.2 Å². The van der Waals surface area contributed by atoms with Crippen molar-refractivity contribution in [3.63, 3.8) is 0 Å². The molecule has 1 unspecified atom stereocenters. The van der Waals surface area contributed by atoms with E-state index in [0.717, 1.165) is 32.1 Å². The highest BCUT2D eigenvalue weighted by molar-refractivity contribution is 7.89. The van der Waals surface area contributed by atoms with E-state index >= 15 is 0 Å². The summed E-state index contributed by atoms with van der Waals surface area (Å²) >= 11 is 0. The molecule has 2 aliphatic rings. The van der Waals surface area contributed by atoms with Gasteiger partial charge in [-0.3, -0.25) is 4.79 Å². The molecule has 0 radical (unpaired) electrons. The molecular formula is C23H24N2O3S. The zero-order chi connectivity index (χ0) is 20.4. The quantitative estimate of drug-likeness (QED) is 0.746. The fraction of sp³-hybridized carbons (Fsp3) is 0.348. The van der Waals surface area contributed by atoms with Gasteiger partial charge in [0.2, 0.25) is 10.0 Å². The van der Waals surface area contributed by atoms with E-state index in [1.165, 1.54) is 23.3 Å². The highest BCUT2D eigenvalue weighted by Crippen LogP contribution is 2.41. The molecule has 150 valence electrons. The smallest absolute Gasteiger partial charge is 0.254 e. The highest BCUT2D eigenvalue weighted by Gasteiger charge is 2.39. The molecule has 6 heteroatoms. The molecule has 1 N–H and O–H groups in total. The monoisotopic (exact) mass is 408 g/mol. The molecule has 2 aliphatic carbocycles. The van der Waals surface area contributed by atoms with E-state index in [2.05, 4.69) is 22.8 Å². The number of benzene rings is 2.